The van der Waals surface area contributed by atoms with Crippen LogP contribution in [0.3, 0.4) is 0 Å². The Morgan fingerprint density at radius 3 is 2.92 bits per heavy atom. The molecule has 70 valence electrons. The van der Waals surface area contributed by atoms with Crippen LogP contribution in [0.4, 0.5) is 0 Å². The minimum atomic E-state index is -0.860. The van der Waals surface area contributed by atoms with E-state index in [0.29, 0.717) is 0 Å². The van der Waals surface area contributed by atoms with Crippen LogP contribution in [0.1, 0.15) is 10.5 Å². The summed E-state index contributed by atoms with van der Waals surface area (Å²) in [6.45, 7) is 0. The predicted octanol–water partition coefficient (Wildman–Crippen LogP) is -1.81. The molecule has 1 amide bonds. The van der Waals surface area contributed by atoms with Crippen molar-refractivity contribution in [3.8, 4) is 5.75 Å². The maximum Gasteiger partial charge on any atom is 0.289 e. The molecule has 1 rings (SSSR count). The van der Waals surface area contributed by atoms with E-state index in [-0.39, 0.29) is 0 Å². The lowest BCUT2D eigenvalue weighted by atomic mass is 10.3. The third-order valence-electron chi connectivity index (χ3n) is 1.26. The van der Waals surface area contributed by atoms with Crippen LogP contribution >= 0.6 is 9.39 Å². The molecule has 1 aromatic rings. The van der Waals surface area contributed by atoms with Gasteiger partial charge in [0.1, 0.15) is 0 Å². The molecular formula is C5H7N4O3P. The summed E-state index contributed by atoms with van der Waals surface area (Å²) >= 11 is 0. The van der Waals surface area contributed by atoms with Crippen molar-refractivity contribution in [2.75, 3.05) is 0 Å². The van der Waals surface area contributed by atoms with Crippen molar-refractivity contribution in [1.29, 1.82) is 0 Å². The molecule has 1 atom stereocenters. The molecule has 1 unspecified atom stereocenters. The predicted molar refractivity (Wildman–Crippen MR) is 46.9 cm³/mol. The van der Waals surface area contributed by atoms with E-state index in [2.05, 4.69) is 14.5 Å². The monoisotopic (exact) mass is 202 g/mol. The summed E-state index contributed by atoms with van der Waals surface area (Å²) < 4.78 is 1.06. The lowest BCUT2D eigenvalue weighted by molar-refractivity contribution is 0.0945. The highest BCUT2D eigenvalue weighted by Crippen LogP contribution is 2.02. The molecule has 0 aliphatic heterocycles. The van der Waals surface area contributed by atoms with Crippen LogP contribution in [0.25, 0.3) is 0 Å². The maximum absolute atomic E-state index is 11.1. The first-order valence-electron chi connectivity index (χ1n) is 3.15. The summed E-state index contributed by atoms with van der Waals surface area (Å²) in [5.74, 6) is 3.38. The lowest BCUT2D eigenvalue weighted by Gasteiger charge is -2.01. The Bertz CT molecular complexity index is 401. The minimum Gasteiger partial charge on any atom is -0.503 e. The van der Waals surface area contributed by atoms with E-state index in [1.165, 1.54) is 0 Å². The fourth-order valence-corrected chi connectivity index (χ4v) is 0.969. The Morgan fingerprint density at radius 1 is 1.77 bits per heavy atom. The molecule has 1 heterocycles. The second kappa shape index (κ2) is 3.51. The summed E-state index contributed by atoms with van der Waals surface area (Å²) in [7, 11) is 2.07. The number of hydrogen-bond donors (Lipinski definition) is 3. The molecule has 4 N–H and O–H groups in total. The number of aromatic hydroxyl groups is 1. The van der Waals surface area contributed by atoms with Crippen molar-refractivity contribution in [2.24, 2.45) is 5.84 Å². The molecule has 7 nitrogen and oxygen atoms in total. The number of nitrogens with zero attached hydrogens (tertiary/aromatic N) is 2. The number of carbonyl (C=O) groups excluding carboxylic acids is 1. The summed E-state index contributed by atoms with van der Waals surface area (Å²) in [5.41, 5.74) is 0.421. The number of hydrazine groups is 1. The molecule has 0 spiro atoms. The zero-order valence-corrected chi connectivity index (χ0v) is 7.54. The van der Waals surface area contributed by atoms with Gasteiger partial charge in [-0.15, -0.1) is 0 Å². The van der Waals surface area contributed by atoms with Crippen LogP contribution in [0.15, 0.2) is 11.0 Å². The first kappa shape index (κ1) is 9.63. The summed E-state index contributed by atoms with van der Waals surface area (Å²) in [5, 5.41) is 12.5. The van der Waals surface area contributed by atoms with E-state index in [9.17, 15) is 9.59 Å². The van der Waals surface area contributed by atoms with Gasteiger partial charge in [0, 0.05) is 0 Å². The Hall–Kier alpha value is -1.46. The van der Waals surface area contributed by atoms with Gasteiger partial charge in [-0.1, -0.05) is 0 Å². The number of nitrogens with two attached hydrogens (primary N) is 1. The highest BCUT2D eigenvalue weighted by molar-refractivity contribution is 7.14. The van der Waals surface area contributed by atoms with Crippen molar-refractivity contribution in [1.82, 2.24) is 15.0 Å². The molecular weight excluding hydrogens is 195 g/mol. The minimum absolute atomic E-state index is 0.461. The molecule has 0 aromatic carbocycles. The normalized spacial score (nSPS) is 9.69. The van der Waals surface area contributed by atoms with Crippen LogP contribution in [-0.2, 0) is 0 Å². The van der Waals surface area contributed by atoms with Crippen molar-refractivity contribution in [3.05, 3.63) is 22.1 Å². The highest BCUT2D eigenvalue weighted by atomic mass is 31.0. The molecule has 0 saturated heterocycles. The van der Waals surface area contributed by atoms with Gasteiger partial charge in [-0.05, 0) is 9.39 Å². The number of nitrogens with one attached hydrogen (secondary N) is 1. The number of hydrogen-bond acceptors (Lipinski definition) is 5. The van der Waals surface area contributed by atoms with Crippen LogP contribution in [0.2, 0.25) is 0 Å². The Balaban J connectivity index is 3.37. The number of amides is 1. The smallest absolute Gasteiger partial charge is 0.289 e. The Labute approximate surface area is 74.8 Å². The van der Waals surface area contributed by atoms with Crippen molar-refractivity contribution in [2.45, 2.75) is 0 Å². The van der Waals surface area contributed by atoms with Crippen molar-refractivity contribution >= 4 is 15.3 Å². The molecule has 0 aliphatic carbocycles. The van der Waals surface area contributed by atoms with E-state index < -0.39 is 22.8 Å². The maximum atomic E-state index is 11.1. The molecule has 0 radical (unpaired) electrons. The van der Waals surface area contributed by atoms with Gasteiger partial charge in [0.05, 0.1) is 6.20 Å². The molecule has 0 fully saturated rings. The first-order valence-corrected chi connectivity index (χ1v) is 3.67. The fourth-order valence-electron chi connectivity index (χ4n) is 0.712. The summed E-state index contributed by atoms with van der Waals surface area (Å²) in [6, 6.07) is 0. The second-order valence-electron chi connectivity index (χ2n) is 2.15. The second-order valence-corrected chi connectivity index (χ2v) is 2.67. The number of rotatable bonds is 1. The zero-order chi connectivity index (χ0) is 10.0. The quantitative estimate of drug-likeness (QED) is 0.215. The number of aromatic nitrogens is 2. The van der Waals surface area contributed by atoms with Gasteiger partial charge >= 0.3 is 0 Å². The third kappa shape index (κ3) is 1.82. The third-order valence-corrected chi connectivity index (χ3v) is 1.53. The first-order chi connectivity index (χ1) is 6.06. The van der Waals surface area contributed by atoms with Gasteiger partial charge in [0.25, 0.3) is 11.3 Å². The van der Waals surface area contributed by atoms with Gasteiger partial charge in [0.15, 0.2) is 5.75 Å². The molecule has 1 aromatic heterocycles. The van der Waals surface area contributed by atoms with Crippen molar-refractivity contribution in [3.63, 3.8) is 0 Å². The summed E-state index contributed by atoms with van der Waals surface area (Å²) in [6.07, 6.45) is 1.06. The van der Waals surface area contributed by atoms with E-state index >= 15 is 0 Å². The van der Waals surface area contributed by atoms with E-state index in [1.807, 2.05) is 0 Å². The number of carbonyl (C=O) groups is 1. The largest absolute Gasteiger partial charge is 0.503 e. The van der Waals surface area contributed by atoms with E-state index in [0.717, 1.165) is 10.6 Å². The molecule has 0 aliphatic rings. The van der Waals surface area contributed by atoms with Crippen LogP contribution in [0.5, 0.6) is 5.75 Å². The van der Waals surface area contributed by atoms with Crippen LogP contribution < -0.4 is 16.7 Å². The van der Waals surface area contributed by atoms with Gasteiger partial charge < -0.3 is 5.11 Å². The fraction of sp³-hybridized carbons (Fsp3) is 0. The zero-order valence-electron chi connectivity index (χ0n) is 6.39. The molecule has 8 heteroatoms. The van der Waals surface area contributed by atoms with Crippen LogP contribution in [0, 0.1) is 0 Å². The SMILES string of the molecule is NNC(=O)c1nn(P)cc(O)c1=O. The van der Waals surface area contributed by atoms with E-state index in [4.69, 9.17) is 10.9 Å². The lowest BCUT2D eigenvalue weighted by Crippen LogP contribution is -2.35. The van der Waals surface area contributed by atoms with Gasteiger partial charge in [-0.3, -0.25) is 19.5 Å². The van der Waals surface area contributed by atoms with E-state index in [1.54, 1.807) is 5.43 Å². The van der Waals surface area contributed by atoms with Crippen LogP contribution in [-0.4, -0.2) is 20.6 Å². The molecule has 0 bridgehead atoms. The van der Waals surface area contributed by atoms with Crippen molar-refractivity contribution < 1.29 is 9.90 Å². The van der Waals surface area contributed by atoms with Gasteiger partial charge in [0.2, 0.25) is 5.69 Å². The standard InChI is InChI=1S/C5H7N4O3P/c6-7-5(12)3-4(11)2(10)1-9(13)8-3/h1,10H,6,13H2,(H,7,12). The van der Waals surface area contributed by atoms with Gasteiger partial charge in [-0.2, -0.15) is 5.10 Å². The molecule has 13 heavy (non-hydrogen) atoms. The average molecular weight is 202 g/mol. The number of nitrogen functional groups attached to an aromatic ring is 1. The summed E-state index contributed by atoms with van der Waals surface area (Å²) in [4.78, 5) is 22.0. The Kier molecular flexibility index (Phi) is 2.60. The van der Waals surface area contributed by atoms with Gasteiger partial charge in [-0.25, -0.2) is 5.84 Å². The Morgan fingerprint density at radius 2 is 2.38 bits per heavy atom. The highest BCUT2D eigenvalue weighted by Gasteiger charge is 2.14. The topological polar surface area (TPSA) is 110 Å². The average Bonchev–Trinajstić information content (AvgIpc) is 2.10. The molecule has 0 saturated carbocycles.